The molecule has 0 spiro atoms. The Morgan fingerprint density at radius 3 is 2.39 bits per heavy atom. The zero-order valence-electron chi connectivity index (χ0n) is 11.8. The van der Waals surface area contributed by atoms with Crippen molar-refractivity contribution in [3.8, 4) is 0 Å². The molecule has 122 valence electrons. The van der Waals surface area contributed by atoms with Crippen molar-refractivity contribution in [3.63, 3.8) is 0 Å². The fourth-order valence-electron chi connectivity index (χ4n) is 2.55. The molecule has 9 heteroatoms. The molecule has 0 radical (unpaired) electrons. The Balaban J connectivity index is 2.08. The maximum absolute atomic E-state index is 13.8. The van der Waals surface area contributed by atoms with Gasteiger partial charge in [-0.05, 0) is 42.3 Å². The molecule has 23 heavy (non-hydrogen) atoms. The third-order valence-electron chi connectivity index (χ3n) is 3.64. The number of fused-ring (bicyclic) bond motifs is 1. The third kappa shape index (κ3) is 2.71. The Labute approximate surface area is 133 Å². The molecule has 0 fully saturated rings. The van der Waals surface area contributed by atoms with Gasteiger partial charge in [0.25, 0.3) is 10.0 Å². The normalized spacial score (nSPS) is 14.8. The molecule has 6 nitrogen and oxygen atoms in total. The molecule has 2 aromatic carbocycles. The van der Waals surface area contributed by atoms with Gasteiger partial charge in [-0.1, -0.05) is 12.1 Å². The van der Waals surface area contributed by atoms with Crippen LogP contribution in [-0.2, 0) is 26.5 Å². The van der Waals surface area contributed by atoms with E-state index in [-0.39, 0.29) is 11.4 Å². The molecule has 2 aromatic rings. The summed E-state index contributed by atoms with van der Waals surface area (Å²) in [5, 5.41) is 5.07. The number of halogens is 1. The van der Waals surface area contributed by atoms with E-state index in [1.165, 1.54) is 36.4 Å². The van der Waals surface area contributed by atoms with E-state index in [0.29, 0.717) is 17.7 Å². The van der Waals surface area contributed by atoms with Gasteiger partial charge in [-0.2, -0.15) is 0 Å². The molecule has 3 rings (SSSR count). The average molecular weight is 356 g/mol. The monoisotopic (exact) mass is 356 g/mol. The van der Waals surface area contributed by atoms with E-state index >= 15 is 0 Å². The lowest BCUT2D eigenvalue weighted by molar-refractivity contribution is 0.564. The summed E-state index contributed by atoms with van der Waals surface area (Å²) in [6, 6.07) is 9.09. The lowest BCUT2D eigenvalue weighted by Gasteiger charge is -2.20. The number of hydrogen-bond donors (Lipinski definition) is 1. The SMILES string of the molecule is NS(=O)(=O)c1ccc2c(c1)CCN2S(=O)(=O)c1ccccc1F. The Kier molecular flexibility index (Phi) is 3.66. The van der Waals surface area contributed by atoms with Gasteiger partial charge in [0, 0.05) is 6.54 Å². The standard InChI is InChI=1S/C14H13FN2O4S2/c15-12-3-1-2-4-14(12)23(20,21)17-8-7-10-9-11(22(16,18)19)5-6-13(10)17/h1-6,9H,7-8H2,(H2,16,18,19). The summed E-state index contributed by atoms with van der Waals surface area (Å²) in [5.74, 6) is -0.831. The molecule has 0 aromatic heterocycles. The van der Waals surface area contributed by atoms with E-state index in [0.717, 1.165) is 10.4 Å². The van der Waals surface area contributed by atoms with Crippen molar-refractivity contribution in [1.29, 1.82) is 0 Å². The van der Waals surface area contributed by atoms with Gasteiger partial charge in [0.2, 0.25) is 10.0 Å². The summed E-state index contributed by atoms with van der Waals surface area (Å²) in [7, 11) is -7.92. The summed E-state index contributed by atoms with van der Waals surface area (Å²) in [5.41, 5.74) is 0.872. The van der Waals surface area contributed by atoms with E-state index in [1.54, 1.807) is 0 Å². The second-order valence-electron chi connectivity index (χ2n) is 5.09. The fraction of sp³-hybridized carbons (Fsp3) is 0.143. The first-order valence-electron chi connectivity index (χ1n) is 6.64. The Hall–Kier alpha value is -1.97. The number of nitrogens with zero attached hydrogens (tertiary/aromatic N) is 1. The summed E-state index contributed by atoms with van der Waals surface area (Å²) in [4.78, 5) is -0.496. The summed E-state index contributed by atoms with van der Waals surface area (Å²) >= 11 is 0. The quantitative estimate of drug-likeness (QED) is 0.894. The van der Waals surface area contributed by atoms with Crippen LogP contribution >= 0.6 is 0 Å². The molecule has 0 aliphatic carbocycles. The minimum Gasteiger partial charge on any atom is -0.266 e. The van der Waals surface area contributed by atoms with Crippen LogP contribution in [0.4, 0.5) is 10.1 Å². The first-order chi connectivity index (χ1) is 10.7. The molecule has 1 aliphatic heterocycles. The predicted molar refractivity (Wildman–Crippen MR) is 82.5 cm³/mol. The Morgan fingerprint density at radius 2 is 1.74 bits per heavy atom. The fourth-order valence-corrected chi connectivity index (χ4v) is 4.68. The van der Waals surface area contributed by atoms with Crippen molar-refractivity contribution in [3.05, 3.63) is 53.8 Å². The highest BCUT2D eigenvalue weighted by Crippen LogP contribution is 2.34. The van der Waals surface area contributed by atoms with Gasteiger partial charge in [-0.25, -0.2) is 26.4 Å². The van der Waals surface area contributed by atoms with Crippen LogP contribution in [0.2, 0.25) is 0 Å². The van der Waals surface area contributed by atoms with E-state index < -0.39 is 30.8 Å². The minimum absolute atomic E-state index is 0.0820. The zero-order valence-corrected chi connectivity index (χ0v) is 13.4. The van der Waals surface area contributed by atoms with Crippen molar-refractivity contribution < 1.29 is 21.2 Å². The van der Waals surface area contributed by atoms with E-state index in [9.17, 15) is 21.2 Å². The van der Waals surface area contributed by atoms with Crippen molar-refractivity contribution >= 4 is 25.7 Å². The van der Waals surface area contributed by atoms with E-state index in [1.807, 2.05) is 0 Å². The van der Waals surface area contributed by atoms with Gasteiger partial charge in [0.05, 0.1) is 10.6 Å². The van der Waals surface area contributed by atoms with Crippen LogP contribution in [0.1, 0.15) is 5.56 Å². The topological polar surface area (TPSA) is 97.5 Å². The molecule has 0 unspecified atom stereocenters. The zero-order chi connectivity index (χ0) is 16.8. The molecule has 0 atom stereocenters. The van der Waals surface area contributed by atoms with Gasteiger partial charge < -0.3 is 0 Å². The molecular formula is C14H13FN2O4S2. The van der Waals surface area contributed by atoms with Gasteiger partial charge in [0.15, 0.2) is 0 Å². The van der Waals surface area contributed by atoms with Crippen LogP contribution in [0.3, 0.4) is 0 Å². The molecule has 2 N–H and O–H groups in total. The van der Waals surface area contributed by atoms with Crippen molar-refractivity contribution in [2.75, 3.05) is 10.8 Å². The molecule has 0 saturated carbocycles. The highest BCUT2D eigenvalue weighted by atomic mass is 32.2. The number of sulfonamides is 2. The number of anilines is 1. The van der Waals surface area contributed by atoms with Crippen LogP contribution in [-0.4, -0.2) is 23.4 Å². The number of hydrogen-bond acceptors (Lipinski definition) is 4. The van der Waals surface area contributed by atoms with Gasteiger partial charge in [-0.3, -0.25) is 4.31 Å². The Bertz CT molecular complexity index is 988. The molecule has 0 bridgehead atoms. The van der Waals surface area contributed by atoms with E-state index in [2.05, 4.69) is 0 Å². The molecule has 0 amide bonds. The summed E-state index contributed by atoms with van der Waals surface area (Å²) in [6.07, 6.45) is 0.326. The first kappa shape index (κ1) is 15.9. The number of rotatable bonds is 3. The van der Waals surface area contributed by atoms with Gasteiger partial charge >= 0.3 is 0 Å². The predicted octanol–water partition coefficient (Wildman–Crippen LogP) is 1.22. The highest BCUT2D eigenvalue weighted by Gasteiger charge is 2.33. The third-order valence-corrected chi connectivity index (χ3v) is 6.39. The van der Waals surface area contributed by atoms with Gasteiger partial charge in [-0.15, -0.1) is 0 Å². The van der Waals surface area contributed by atoms with Gasteiger partial charge in [0.1, 0.15) is 10.7 Å². The Morgan fingerprint density at radius 1 is 1.04 bits per heavy atom. The maximum atomic E-state index is 13.8. The summed E-state index contributed by atoms with van der Waals surface area (Å²) in [6.45, 7) is 0.111. The van der Waals surface area contributed by atoms with Crippen molar-refractivity contribution in [2.24, 2.45) is 5.14 Å². The second kappa shape index (κ2) is 5.29. The smallest absolute Gasteiger partial charge is 0.266 e. The largest absolute Gasteiger partial charge is 0.267 e. The highest BCUT2D eigenvalue weighted by molar-refractivity contribution is 7.92. The first-order valence-corrected chi connectivity index (χ1v) is 9.63. The van der Waals surface area contributed by atoms with Crippen LogP contribution in [0.5, 0.6) is 0 Å². The molecule has 0 saturated heterocycles. The number of primary sulfonamides is 1. The van der Waals surface area contributed by atoms with E-state index in [4.69, 9.17) is 5.14 Å². The van der Waals surface area contributed by atoms with Crippen molar-refractivity contribution in [2.45, 2.75) is 16.2 Å². The second-order valence-corrected chi connectivity index (χ2v) is 8.49. The molecule has 1 aliphatic rings. The molecular weight excluding hydrogens is 343 g/mol. The van der Waals surface area contributed by atoms with Crippen LogP contribution in [0, 0.1) is 5.82 Å². The van der Waals surface area contributed by atoms with Crippen LogP contribution in [0.15, 0.2) is 52.3 Å². The lowest BCUT2D eigenvalue weighted by Crippen LogP contribution is -2.29. The lowest BCUT2D eigenvalue weighted by atomic mass is 10.2. The van der Waals surface area contributed by atoms with Crippen molar-refractivity contribution in [1.82, 2.24) is 0 Å². The van der Waals surface area contributed by atoms with Crippen LogP contribution in [0.25, 0.3) is 0 Å². The minimum atomic E-state index is -4.05. The number of nitrogens with two attached hydrogens (primary N) is 1. The number of benzene rings is 2. The average Bonchev–Trinajstić information content (AvgIpc) is 2.90. The van der Waals surface area contributed by atoms with Crippen LogP contribution < -0.4 is 9.44 Å². The maximum Gasteiger partial charge on any atom is 0.267 e. The summed E-state index contributed by atoms with van der Waals surface area (Å²) < 4.78 is 62.9. The molecule has 1 heterocycles.